The molecule has 0 aromatic heterocycles. The largest absolute Gasteiger partial charge is 0.364 e. The Kier molecular flexibility index (Phi) is 3.58. The standard InChI is InChI=1S/C11H15NO3S/c13-16(14,12-7-8-15-10-12)9-6-11-4-2-1-3-5-11/h1-5H,6-10H2. The van der Waals surface area contributed by atoms with Gasteiger partial charge in [-0.15, -0.1) is 0 Å². The van der Waals surface area contributed by atoms with Crippen LogP contribution in [0.15, 0.2) is 30.3 Å². The second kappa shape index (κ2) is 4.95. The van der Waals surface area contributed by atoms with Gasteiger partial charge in [0.05, 0.1) is 12.4 Å². The van der Waals surface area contributed by atoms with E-state index in [1.807, 2.05) is 30.3 Å². The Morgan fingerprint density at radius 1 is 1.25 bits per heavy atom. The summed E-state index contributed by atoms with van der Waals surface area (Å²) < 4.78 is 30.1. The lowest BCUT2D eigenvalue weighted by Gasteiger charge is -2.13. The van der Waals surface area contributed by atoms with Crippen molar-refractivity contribution in [3.05, 3.63) is 35.9 Å². The Labute approximate surface area is 95.9 Å². The van der Waals surface area contributed by atoms with Gasteiger partial charge in [0.25, 0.3) is 0 Å². The molecule has 0 saturated carbocycles. The summed E-state index contributed by atoms with van der Waals surface area (Å²) in [5, 5.41) is 0. The Bertz CT molecular complexity index is 424. The monoisotopic (exact) mass is 241 g/mol. The first-order valence-electron chi connectivity index (χ1n) is 5.28. The second-order valence-electron chi connectivity index (χ2n) is 3.76. The molecule has 0 N–H and O–H groups in total. The molecule has 0 bridgehead atoms. The van der Waals surface area contributed by atoms with Crippen molar-refractivity contribution in [2.24, 2.45) is 0 Å². The SMILES string of the molecule is O=S(=O)(CCc1ccccc1)N1CCOC1. The molecule has 1 aliphatic heterocycles. The zero-order chi connectivity index (χ0) is 11.4. The van der Waals surface area contributed by atoms with Gasteiger partial charge >= 0.3 is 0 Å². The molecule has 0 unspecified atom stereocenters. The van der Waals surface area contributed by atoms with Gasteiger partial charge in [0, 0.05) is 6.54 Å². The molecule has 88 valence electrons. The predicted molar refractivity (Wildman–Crippen MR) is 61.5 cm³/mol. The molecule has 1 aromatic rings. The molecule has 1 aromatic carbocycles. The van der Waals surface area contributed by atoms with Crippen LogP contribution >= 0.6 is 0 Å². The van der Waals surface area contributed by atoms with E-state index in [0.717, 1.165) is 5.56 Å². The highest BCUT2D eigenvalue weighted by molar-refractivity contribution is 7.89. The molecule has 0 atom stereocenters. The Morgan fingerprint density at radius 3 is 2.62 bits per heavy atom. The fraction of sp³-hybridized carbons (Fsp3) is 0.455. The quantitative estimate of drug-likeness (QED) is 0.785. The zero-order valence-electron chi connectivity index (χ0n) is 9.00. The van der Waals surface area contributed by atoms with Crippen molar-refractivity contribution in [2.45, 2.75) is 6.42 Å². The van der Waals surface area contributed by atoms with Gasteiger partial charge in [-0.3, -0.25) is 0 Å². The molecular formula is C11H15NO3S. The second-order valence-corrected chi connectivity index (χ2v) is 5.85. The average Bonchev–Trinajstić information content (AvgIpc) is 2.82. The first kappa shape index (κ1) is 11.6. The Morgan fingerprint density at radius 2 is 2.00 bits per heavy atom. The zero-order valence-corrected chi connectivity index (χ0v) is 9.82. The van der Waals surface area contributed by atoms with Crippen LogP contribution < -0.4 is 0 Å². The van der Waals surface area contributed by atoms with E-state index in [4.69, 9.17) is 4.74 Å². The van der Waals surface area contributed by atoms with E-state index in [0.29, 0.717) is 19.6 Å². The van der Waals surface area contributed by atoms with Gasteiger partial charge in [0.15, 0.2) is 0 Å². The number of aryl methyl sites for hydroxylation is 1. The minimum atomic E-state index is -3.15. The van der Waals surface area contributed by atoms with E-state index in [2.05, 4.69) is 0 Å². The summed E-state index contributed by atoms with van der Waals surface area (Å²) in [6, 6.07) is 9.64. The highest BCUT2D eigenvalue weighted by Gasteiger charge is 2.25. The van der Waals surface area contributed by atoms with Gasteiger partial charge in [-0.1, -0.05) is 30.3 Å². The molecule has 0 spiro atoms. The van der Waals surface area contributed by atoms with Crippen molar-refractivity contribution in [3.63, 3.8) is 0 Å². The van der Waals surface area contributed by atoms with Crippen LogP contribution in [0.1, 0.15) is 5.56 Å². The molecular weight excluding hydrogens is 226 g/mol. The molecule has 4 nitrogen and oxygen atoms in total. The highest BCUT2D eigenvalue weighted by atomic mass is 32.2. The fourth-order valence-electron chi connectivity index (χ4n) is 1.64. The Balaban J connectivity index is 1.94. The third-order valence-corrected chi connectivity index (χ3v) is 4.40. The minimum absolute atomic E-state index is 0.153. The topological polar surface area (TPSA) is 46.6 Å². The van der Waals surface area contributed by atoms with E-state index < -0.39 is 10.0 Å². The maximum Gasteiger partial charge on any atom is 0.216 e. The molecule has 0 radical (unpaired) electrons. The molecule has 1 heterocycles. The van der Waals surface area contributed by atoms with Crippen LogP contribution in [0.2, 0.25) is 0 Å². The van der Waals surface area contributed by atoms with Crippen LogP contribution in [0.3, 0.4) is 0 Å². The van der Waals surface area contributed by atoms with Gasteiger partial charge in [-0.05, 0) is 12.0 Å². The van der Waals surface area contributed by atoms with Crippen LogP contribution in [0.4, 0.5) is 0 Å². The smallest absolute Gasteiger partial charge is 0.216 e. The normalized spacial score (nSPS) is 17.8. The number of hydrogen-bond donors (Lipinski definition) is 0. The molecule has 1 saturated heterocycles. The fourth-order valence-corrected chi connectivity index (χ4v) is 2.98. The molecule has 1 aliphatic rings. The molecule has 0 aliphatic carbocycles. The Hall–Kier alpha value is -0.910. The third-order valence-electron chi connectivity index (χ3n) is 2.61. The number of nitrogens with zero attached hydrogens (tertiary/aromatic N) is 1. The maximum atomic E-state index is 11.9. The summed E-state index contributed by atoms with van der Waals surface area (Å²) in [5.41, 5.74) is 1.05. The molecule has 1 fully saturated rings. The third kappa shape index (κ3) is 2.81. The van der Waals surface area contributed by atoms with Gasteiger partial charge in [0.1, 0.15) is 6.73 Å². The number of sulfonamides is 1. The number of hydrogen-bond acceptors (Lipinski definition) is 3. The average molecular weight is 241 g/mol. The van der Waals surface area contributed by atoms with Crippen molar-refractivity contribution in [3.8, 4) is 0 Å². The van der Waals surface area contributed by atoms with Gasteiger partial charge < -0.3 is 4.74 Å². The lowest BCUT2D eigenvalue weighted by atomic mass is 10.2. The van der Waals surface area contributed by atoms with E-state index in [9.17, 15) is 8.42 Å². The summed E-state index contributed by atoms with van der Waals surface area (Å²) in [6.07, 6.45) is 0.555. The molecule has 16 heavy (non-hydrogen) atoms. The van der Waals surface area contributed by atoms with E-state index in [1.54, 1.807) is 0 Å². The van der Waals surface area contributed by atoms with Crippen LogP contribution in [0.5, 0.6) is 0 Å². The first-order chi connectivity index (χ1) is 7.68. The van der Waals surface area contributed by atoms with Crippen molar-refractivity contribution < 1.29 is 13.2 Å². The van der Waals surface area contributed by atoms with Crippen LogP contribution in [0.25, 0.3) is 0 Å². The lowest BCUT2D eigenvalue weighted by molar-refractivity contribution is 0.172. The maximum absolute atomic E-state index is 11.9. The van der Waals surface area contributed by atoms with Crippen molar-refractivity contribution >= 4 is 10.0 Å². The first-order valence-corrected chi connectivity index (χ1v) is 6.89. The van der Waals surface area contributed by atoms with Gasteiger partial charge in [0.2, 0.25) is 10.0 Å². The van der Waals surface area contributed by atoms with Crippen LogP contribution in [-0.4, -0.2) is 38.4 Å². The summed E-state index contributed by atoms with van der Waals surface area (Å²) in [5.74, 6) is 0.153. The van der Waals surface area contributed by atoms with E-state index >= 15 is 0 Å². The lowest BCUT2D eigenvalue weighted by Crippen LogP contribution is -2.31. The van der Waals surface area contributed by atoms with Gasteiger partial charge in [-0.25, -0.2) is 8.42 Å². The predicted octanol–water partition coefficient (Wildman–Crippen LogP) is 0.849. The molecule has 2 rings (SSSR count). The summed E-state index contributed by atoms with van der Waals surface area (Å²) in [4.78, 5) is 0. The van der Waals surface area contributed by atoms with Crippen LogP contribution in [0, 0.1) is 0 Å². The van der Waals surface area contributed by atoms with Gasteiger partial charge in [-0.2, -0.15) is 4.31 Å². The summed E-state index contributed by atoms with van der Waals surface area (Å²) >= 11 is 0. The summed E-state index contributed by atoms with van der Waals surface area (Å²) in [6.45, 7) is 1.19. The number of benzene rings is 1. The molecule has 0 amide bonds. The van der Waals surface area contributed by atoms with E-state index in [-0.39, 0.29) is 12.5 Å². The number of ether oxygens (including phenoxy) is 1. The van der Waals surface area contributed by atoms with Crippen molar-refractivity contribution in [1.82, 2.24) is 4.31 Å². The van der Waals surface area contributed by atoms with E-state index in [1.165, 1.54) is 4.31 Å². The highest BCUT2D eigenvalue weighted by Crippen LogP contribution is 2.10. The number of rotatable bonds is 4. The van der Waals surface area contributed by atoms with Crippen LogP contribution in [-0.2, 0) is 21.2 Å². The summed E-state index contributed by atoms with van der Waals surface area (Å²) in [7, 11) is -3.15. The molecule has 5 heteroatoms. The van der Waals surface area contributed by atoms with Crippen molar-refractivity contribution in [2.75, 3.05) is 25.6 Å². The minimum Gasteiger partial charge on any atom is -0.364 e. The van der Waals surface area contributed by atoms with Crippen molar-refractivity contribution in [1.29, 1.82) is 0 Å².